The largest absolute Gasteiger partial charge is 0.338 e. The molecule has 0 bridgehead atoms. The Balaban J connectivity index is 1.62. The van der Waals surface area contributed by atoms with Crippen LogP contribution in [0.15, 0.2) is 36.8 Å². The number of benzene rings is 1. The molecule has 4 rings (SSSR count). The summed E-state index contributed by atoms with van der Waals surface area (Å²) in [7, 11) is 1.79. The van der Waals surface area contributed by atoms with Crippen molar-refractivity contribution in [3.63, 3.8) is 0 Å². The number of hydrogen-bond donors (Lipinski definition) is 0. The zero-order valence-corrected chi connectivity index (χ0v) is 16.8. The van der Waals surface area contributed by atoms with Crippen LogP contribution in [0.2, 0.25) is 0 Å². The Kier molecular flexibility index (Phi) is 5.11. The minimum absolute atomic E-state index is 0.0483. The lowest BCUT2D eigenvalue weighted by Crippen LogP contribution is -2.48. The highest BCUT2D eigenvalue weighted by Gasteiger charge is 2.45. The molecule has 30 heavy (non-hydrogen) atoms. The van der Waals surface area contributed by atoms with E-state index in [1.165, 1.54) is 12.1 Å². The first kappa shape index (κ1) is 19.8. The van der Waals surface area contributed by atoms with Gasteiger partial charge in [-0.05, 0) is 25.0 Å². The number of piperidine rings is 1. The Hall–Kier alpha value is -3.49. The van der Waals surface area contributed by atoms with Gasteiger partial charge in [0.15, 0.2) is 0 Å². The molecule has 156 valence electrons. The number of fused-ring (bicyclic) bond motifs is 1. The van der Waals surface area contributed by atoms with E-state index < -0.39 is 29.7 Å². The molecule has 0 unspecified atom stereocenters. The van der Waals surface area contributed by atoms with Crippen LogP contribution >= 0.6 is 0 Å². The van der Waals surface area contributed by atoms with Crippen LogP contribution in [-0.4, -0.2) is 49.7 Å². The summed E-state index contributed by atoms with van der Waals surface area (Å²) in [6, 6.07) is 5.74. The van der Waals surface area contributed by atoms with E-state index in [-0.39, 0.29) is 29.9 Å². The van der Waals surface area contributed by atoms with E-state index in [1.54, 1.807) is 41.2 Å². The van der Waals surface area contributed by atoms with Crippen LogP contribution in [0.5, 0.6) is 0 Å². The van der Waals surface area contributed by atoms with Crippen molar-refractivity contribution in [1.82, 2.24) is 19.5 Å². The molecule has 1 aromatic heterocycles. The van der Waals surface area contributed by atoms with Gasteiger partial charge in [-0.25, -0.2) is 9.78 Å². The van der Waals surface area contributed by atoms with Gasteiger partial charge >= 0.3 is 5.97 Å². The molecule has 1 aromatic carbocycles. The van der Waals surface area contributed by atoms with Gasteiger partial charge in [-0.1, -0.05) is 24.1 Å². The maximum Gasteiger partial charge on any atom is 0.338 e. The van der Waals surface area contributed by atoms with Gasteiger partial charge in [-0.2, -0.15) is 0 Å². The standard InChI is InChI=1S/C21H22N4O5/c1-3-10-24-17(26)9-8-15(18(24)16-11-22-12-23(16)2)21(29)30-25-19(27)13-6-4-5-7-14(13)20(25)28/h4-7,11-12,15,18H,3,8-10H2,1-2H3/t15-,18-/m0/s1. The summed E-state index contributed by atoms with van der Waals surface area (Å²) in [6.07, 6.45) is 4.40. The first-order chi connectivity index (χ1) is 14.4. The van der Waals surface area contributed by atoms with Crippen molar-refractivity contribution < 1.29 is 24.0 Å². The minimum Gasteiger partial charge on any atom is -0.336 e. The fraction of sp³-hybridized carbons (Fsp3) is 0.381. The Morgan fingerprint density at radius 1 is 1.17 bits per heavy atom. The number of imide groups is 1. The fourth-order valence-electron chi connectivity index (χ4n) is 4.13. The molecule has 1 saturated heterocycles. The summed E-state index contributed by atoms with van der Waals surface area (Å²) < 4.78 is 1.76. The fourth-order valence-corrected chi connectivity index (χ4v) is 4.13. The summed E-state index contributed by atoms with van der Waals surface area (Å²) >= 11 is 0. The summed E-state index contributed by atoms with van der Waals surface area (Å²) in [5.41, 5.74) is 1.09. The van der Waals surface area contributed by atoms with Gasteiger partial charge < -0.3 is 14.3 Å². The Morgan fingerprint density at radius 3 is 2.40 bits per heavy atom. The van der Waals surface area contributed by atoms with Crippen LogP contribution < -0.4 is 0 Å². The maximum absolute atomic E-state index is 13.1. The maximum atomic E-state index is 13.1. The second-order valence-corrected chi connectivity index (χ2v) is 7.47. The molecular weight excluding hydrogens is 388 g/mol. The highest BCUT2D eigenvalue weighted by molar-refractivity contribution is 6.20. The van der Waals surface area contributed by atoms with E-state index in [4.69, 9.17) is 4.84 Å². The normalized spacial score (nSPS) is 21.2. The molecule has 0 spiro atoms. The van der Waals surface area contributed by atoms with E-state index in [2.05, 4.69) is 4.98 Å². The Bertz CT molecular complexity index is 995. The van der Waals surface area contributed by atoms with Crippen molar-refractivity contribution in [3.8, 4) is 0 Å². The molecule has 1 fully saturated rings. The first-order valence-electron chi connectivity index (χ1n) is 9.89. The molecule has 3 heterocycles. The quantitative estimate of drug-likeness (QED) is 0.698. The number of nitrogens with zero attached hydrogens (tertiary/aromatic N) is 4. The molecule has 0 saturated carbocycles. The smallest absolute Gasteiger partial charge is 0.336 e. The number of hydrogen-bond acceptors (Lipinski definition) is 6. The van der Waals surface area contributed by atoms with Crippen LogP contribution in [0.1, 0.15) is 58.6 Å². The van der Waals surface area contributed by atoms with Crippen molar-refractivity contribution in [3.05, 3.63) is 53.6 Å². The van der Waals surface area contributed by atoms with Gasteiger partial charge in [-0.15, -0.1) is 0 Å². The van der Waals surface area contributed by atoms with Gasteiger partial charge in [-0.3, -0.25) is 14.4 Å². The van der Waals surface area contributed by atoms with E-state index in [0.29, 0.717) is 17.3 Å². The molecule has 0 N–H and O–H groups in total. The topological polar surface area (TPSA) is 102 Å². The number of carbonyl (C=O) groups excluding carboxylic acids is 4. The predicted octanol–water partition coefficient (Wildman–Crippen LogP) is 1.86. The molecule has 2 aromatic rings. The number of imidazole rings is 1. The zero-order chi connectivity index (χ0) is 21.4. The molecule has 2 atom stereocenters. The van der Waals surface area contributed by atoms with Crippen molar-refractivity contribution >= 4 is 23.7 Å². The zero-order valence-electron chi connectivity index (χ0n) is 16.8. The van der Waals surface area contributed by atoms with E-state index in [9.17, 15) is 19.2 Å². The third kappa shape index (κ3) is 3.16. The molecule has 9 nitrogen and oxygen atoms in total. The third-order valence-electron chi connectivity index (χ3n) is 5.57. The lowest BCUT2D eigenvalue weighted by atomic mass is 9.86. The molecule has 0 aliphatic carbocycles. The van der Waals surface area contributed by atoms with Gasteiger partial charge in [0.25, 0.3) is 11.8 Å². The highest BCUT2D eigenvalue weighted by atomic mass is 16.7. The van der Waals surface area contributed by atoms with E-state index in [0.717, 1.165) is 6.42 Å². The number of likely N-dealkylation sites (tertiary alicyclic amines) is 1. The van der Waals surface area contributed by atoms with E-state index >= 15 is 0 Å². The number of rotatable bonds is 5. The van der Waals surface area contributed by atoms with Crippen LogP contribution in [0.4, 0.5) is 0 Å². The Labute approximate surface area is 173 Å². The van der Waals surface area contributed by atoms with Crippen molar-refractivity contribution in [2.24, 2.45) is 13.0 Å². The second-order valence-electron chi connectivity index (χ2n) is 7.47. The van der Waals surface area contributed by atoms with Crippen LogP contribution in [0.3, 0.4) is 0 Å². The summed E-state index contributed by atoms with van der Waals surface area (Å²) in [5.74, 6) is -2.83. The predicted molar refractivity (Wildman–Crippen MR) is 104 cm³/mol. The molecule has 2 aliphatic heterocycles. The molecule has 0 radical (unpaired) electrons. The van der Waals surface area contributed by atoms with Gasteiger partial charge in [0.05, 0.1) is 41.3 Å². The number of aromatic nitrogens is 2. The van der Waals surface area contributed by atoms with Crippen LogP contribution in [0, 0.1) is 5.92 Å². The number of amides is 3. The number of aryl methyl sites for hydroxylation is 1. The summed E-state index contributed by atoms with van der Waals surface area (Å²) in [6.45, 7) is 2.43. The van der Waals surface area contributed by atoms with Gasteiger partial charge in [0.1, 0.15) is 0 Å². The molecule has 3 amide bonds. The molecule has 9 heteroatoms. The molecule has 2 aliphatic rings. The summed E-state index contributed by atoms with van der Waals surface area (Å²) in [4.78, 5) is 61.9. The van der Waals surface area contributed by atoms with Crippen molar-refractivity contribution in [1.29, 1.82) is 0 Å². The van der Waals surface area contributed by atoms with Gasteiger partial charge in [0, 0.05) is 20.0 Å². The van der Waals surface area contributed by atoms with Gasteiger partial charge in [0.2, 0.25) is 5.91 Å². The summed E-state index contributed by atoms with van der Waals surface area (Å²) in [5, 5.41) is 0.522. The minimum atomic E-state index is -0.728. The average molecular weight is 410 g/mol. The average Bonchev–Trinajstić information content (AvgIpc) is 3.26. The SMILES string of the molecule is CCCN1C(=O)CC[C@H](C(=O)ON2C(=O)c3ccccc3C2=O)[C@H]1c1cncn1C. The lowest BCUT2D eigenvalue weighted by Gasteiger charge is -2.40. The first-order valence-corrected chi connectivity index (χ1v) is 9.89. The van der Waals surface area contributed by atoms with Crippen LogP contribution in [0.25, 0.3) is 0 Å². The second kappa shape index (κ2) is 7.74. The van der Waals surface area contributed by atoms with E-state index in [1.807, 2.05) is 6.92 Å². The van der Waals surface area contributed by atoms with Crippen molar-refractivity contribution in [2.75, 3.05) is 6.54 Å². The third-order valence-corrected chi connectivity index (χ3v) is 5.57. The van der Waals surface area contributed by atoms with Crippen LogP contribution in [-0.2, 0) is 21.5 Å². The Morgan fingerprint density at radius 2 is 1.83 bits per heavy atom. The van der Waals surface area contributed by atoms with Crippen molar-refractivity contribution in [2.45, 2.75) is 32.2 Å². The highest BCUT2D eigenvalue weighted by Crippen LogP contribution is 2.38. The number of hydroxylamine groups is 2. The lowest BCUT2D eigenvalue weighted by molar-refractivity contribution is -0.179. The molecular formula is C21H22N4O5. The number of carbonyl (C=O) groups is 4. The monoisotopic (exact) mass is 410 g/mol.